The summed E-state index contributed by atoms with van der Waals surface area (Å²) < 4.78 is 15.2. The molecule has 1 aromatic heterocycles. The third kappa shape index (κ3) is 2.74. The Morgan fingerprint density at radius 2 is 2.14 bits per heavy atom. The molecule has 2 aromatic rings. The maximum Gasteiger partial charge on any atom is 0.274 e. The minimum atomic E-state index is -0.373. The van der Waals surface area contributed by atoms with Crippen LogP contribution in [-0.2, 0) is 0 Å². The van der Waals surface area contributed by atoms with Crippen molar-refractivity contribution in [1.29, 1.82) is 0 Å². The SMILES string of the molecule is C[C@H]1C[C@H](N)CCN1C(=O)c1ccn(-c2ccccc2F)n1. The maximum atomic E-state index is 13.8. The maximum absolute atomic E-state index is 13.8. The van der Waals surface area contributed by atoms with Crippen molar-refractivity contribution < 1.29 is 9.18 Å². The zero-order valence-electron chi connectivity index (χ0n) is 12.4. The van der Waals surface area contributed by atoms with E-state index in [9.17, 15) is 9.18 Å². The van der Waals surface area contributed by atoms with Crippen molar-refractivity contribution in [1.82, 2.24) is 14.7 Å². The van der Waals surface area contributed by atoms with E-state index in [0.717, 1.165) is 12.8 Å². The zero-order valence-corrected chi connectivity index (χ0v) is 12.4. The molecular weight excluding hydrogens is 283 g/mol. The topological polar surface area (TPSA) is 64.2 Å². The first-order valence-electron chi connectivity index (χ1n) is 7.43. The molecule has 1 amide bonds. The van der Waals surface area contributed by atoms with E-state index in [-0.39, 0.29) is 23.8 Å². The van der Waals surface area contributed by atoms with Gasteiger partial charge in [-0.25, -0.2) is 9.07 Å². The number of aromatic nitrogens is 2. The standard InChI is InChI=1S/C16H19FN4O/c1-11-10-12(18)6-8-20(11)16(22)14-7-9-21(19-14)15-5-3-2-4-13(15)17/h2-5,7,9,11-12H,6,8,10,18H2,1H3/t11-,12+/m0/s1. The Hall–Kier alpha value is -2.21. The van der Waals surface area contributed by atoms with Crippen molar-refractivity contribution in [3.8, 4) is 5.69 Å². The number of likely N-dealkylation sites (tertiary alicyclic amines) is 1. The van der Waals surface area contributed by atoms with E-state index in [1.165, 1.54) is 10.7 Å². The number of halogens is 1. The van der Waals surface area contributed by atoms with Crippen molar-refractivity contribution in [3.05, 3.63) is 48.0 Å². The number of hydrogen-bond acceptors (Lipinski definition) is 3. The Balaban J connectivity index is 1.82. The molecule has 0 unspecified atom stereocenters. The number of carbonyl (C=O) groups excluding carboxylic acids is 1. The highest BCUT2D eigenvalue weighted by Gasteiger charge is 2.28. The summed E-state index contributed by atoms with van der Waals surface area (Å²) in [6.07, 6.45) is 3.19. The number of hydrogen-bond donors (Lipinski definition) is 1. The second-order valence-corrected chi connectivity index (χ2v) is 5.73. The number of rotatable bonds is 2. The van der Waals surface area contributed by atoms with Gasteiger partial charge in [0, 0.05) is 24.8 Å². The molecule has 6 heteroatoms. The van der Waals surface area contributed by atoms with Gasteiger partial charge in [-0.1, -0.05) is 12.1 Å². The molecule has 1 aliphatic heterocycles. The van der Waals surface area contributed by atoms with Crippen LogP contribution in [0.3, 0.4) is 0 Å². The highest BCUT2D eigenvalue weighted by molar-refractivity contribution is 5.92. The van der Waals surface area contributed by atoms with Gasteiger partial charge in [0.2, 0.25) is 0 Å². The first kappa shape index (κ1) is 14.7. The van der Waals surface area contributed by atoms with Gasteiger partial charge in [0.25, 0.3) is 5.91 Å². The lowest BCUT2D eigenvalue weighted by atomic mass is 9.99. The highest BCUT2D eigenvalue weighted by Crippen LogP contribution is 2.19. The Kier molecular flexibility index (Phi) is 3.94. The van der Waals surface area contributed by atoms with Crippen molar-refractivity contribution in [2.45, 2.75) is 31.8 Å². The van der Waals surface area contributed by atoms with Gasteiger partial charge in [0.05, 0.1) is 0 Å². The van der Waals surface area contributed by atoms with E-state index in [4.69, 9.17) is 5.73 Å². The van der Waals surface area contributed by atoms with Gasteiger partial charge >= 0.3 is 0 Å². The number of piperidine rings is 1. The molecule has 2 heterocycles. The van der Waals surface area contributed by atoms with E-state index in [1.54, 1.807) is 35.4 Å². The van der Waals surface area contributed by atoms with Crippen LogP contribution in [0.5, 0.6) is 0 Å². The van der Waals surface area contributed by atoms with E-state index < -0.39 is 0 Å². The van der Waals surface area contributed by atoms with Crippen LogP contribution in [0.15, 0.2) is 36.5 Å². The third-order valence-electron chi connectivity index (χ3n) is 4.09. The van der Waals surface area contributed by atoms with Crippen molar-refractivity contribution in [3.63, 3.8) is 0 Å². The summed E-state index contributed by atoms with van der Waals surface area (Å²) in [6, 6.07) is 8.20. The fraction of sp³-hybridized carbons (Fsp3) is 0.375. The van der Waals surface area contributed by atoms with Gasteiger partial charge in [-0.3, -0.25) is 4.79 Å². The Morgan fingerprint density at radius 1 is 1.36 bits per heavy atom. The molecule has 1 fully saturated rings. The van der Waals surface area contributed by atoms with Gasteiger partial charge in [0.15, 0.2) is 5.69 Å². The molecule has 2 N–H and O–H groups in total. The second-order valence-electron chi connectivity index (χ2n) is 5.73. The summed E-state index contributed by atoms with van der Waals surface area (Å²) >= 11 is 0. The minimum absolute atomic E-state index is 0.0925. The van der Waals surface area contributed by atoms with Crippen LogP contribution in [0.2, 0.25) is 0 Å². The van der Waals surface area contributed by atoms with E-state index in [0.29, 0.717) is 17.9 Å². The van der Waals surface area contributed by atoms with E-state index >= 15 is 0 Å². The highest BCUT2D eigenvalue weighted by atomic mass is 19.1. The summed E-state index contributed by atoms with van der Waals surface area (Å²) in [6.45, 7) is 2.62. The molecule has 0 spiro atoms. The number of amides is 1. The molecule has 1 aromatic carbocycles. The predicted molar refractivity (Wildman–Crippen MR) is 81.2 cm³/mol. The largest absolute Gasteiger partial charge is 0.334 e. The van der Waals surface area contributed by atoms with Crippen molar-refractivity contribution >= 4 is 5.91 Å². The molecular formula is C16H19FN4O. The predicted octanol–water partition coefficient (Wildman–Crippen LogP) is 1.96. The summed E-state index contributed by atoms with van der Waals surface area (Å²) in [7, 11) is 0. The van der Waals surface area contributed by atoms with Crippen LogP contribution >= 0.6 is 0 Å². The van der Waals surface area contributed by atoms with Crippen LogP contribution in [0.1, 0.15) is 30.3 Å². The van der Waals surface area contributed by atoms with Gasteiger partial charge in [-0.2, -0.15) is 5.10 Å². The van der Waals surface area contributed by atoms with Crippen LogP contribution in [0.4, 0.5) is 4.39 Å². The molecule has 0 aliphatic carbocycles. The molecule has 22 heavy (non-hydrogen) atoms. The average Bonchev–Trinajstić information content (AvgIpc) is 2.97. The molecule has 0 bridgehead atoms. The second kappa shape index (κ2) is 5.88. The summed E-state index contributed by atoms with van der Waals surface area (Å²) in [5.41, 5.74) is 6.58. The molecule has 0 radical (unpaired) electrons. The number of para-hydroxylation sites is 1. The zero-order chi connectivity index (χ0) is 15.7. The number of benzene rings is 1. The third-order valence-corrected chi connectivity index (χ3v) is 4.09. The Labute approximate surface area is 128 Å². The Bertz CT molecular complexity index is 684. The first-order chi connectivity index (χ1) is 10.6. The monoisotopic (exact) mass is 302 g/mol. The molecule has 2 atom stereocenters. The minimum Gasteiger partial charge on any atom is -0.334 e. The summed E-state index contributed by atoms with van der Waals surface area (Å²) in [5, 5.41) is 4.22. The lowest BCUT2D eigenvalue weighted by Gasteiger charge is -2.35. The summed E-state index contributed by atoms with van der Waals surface area (Å²) in [4.78, 5) is 14.4. The van der Waals surface area contributed by atoms with Gasteiger partial charge in [-0.05, 0) is 38.0 Å². The van der Waals surface area contributed by atoms with Gasteiger partial charge < -0.3 is 10.6 Å². The van der Waals surface area contributed by atoms with Crippen LogP contribution in [0.25, 0.3) is 5.69 Å². The van der Waals surface area contributed by atoms with Crippen LogP contribution in [0, 0.1) is 5.82 Å². The molecule has 116 valence electrons. The smallest absolute Gasteiger partial charge is 0.274 e. The lowest BCUT2D eigenvalue weighted by molar-refractivity contribution is 0.0612. The number of carbonyl (C=O) groups is 1. The van der Waals surface area contributed by atoms with E-state index in [2.05, 4.69) is 5.10 Å². The molecule has 3 rings (SSSR count). The molecule has 1 aliphatic rings. The fourth-order valence-corrected chi connectivity index (χ4v) is 2.87. The molecule has 5 nitrogen and oxygen atoms in total. The number of nitrogens with zero attached hydrogens (tertiary/aromatic N) is 3. The van der Waals surface area contributed by atoms with Crippen LogP contribution in [-0.4, -0.2) is 39.2 Å². The normalized spacial score (nSPS) is 21.9. The van der Waals surface area contributed by atoms with Crippen molar-refractivity contribution in [2.24, 2.45) is 5.73 Å². The van der Waals surface area contributed by atoms with Crippen LogP contribution < -0.4 is 5.73 Å². The fourth-order valence-electron chi connectivity index (χ4n) is 2.87. The first-order valence-corrected chi connectivity index (χ1v) is 7.43. The average molecular weight is 302 g/mol. The van der Waals surface area contributed by atoms with E-state index in [1.807, 2.05) is 6.92 Å². The quantitative estimate of drug-likeness (QED) is 0.922. The van der Waals surface area contributed by atoms with Crippen molar-refractivity contribution in [2.75, 3.05) is 6.54 Å². The lowest BCUT2D eigenvalue weighted by Crippen LogP contribution is -2.48. The van der Waals surface area contributed by atoms with Gasteiger partial charge in [-0.15, -0.1) is 0 Å². The molecule has 1 saturated heterocycles. The summed E-state index contributed by atoms with van der Waals surface area (Å²) in [5.74, 6) is -0.503. The molecule has 0 saturated carbocycles. The number of nitrogens with two attached hydrogens (primary N) is 1. The Morgan fingerprint density at radius 3 is 2.86 bits per heavy atom. The van der Waals surface area contributed by atoms with Gasteiger partial charge in [0.1, 0.15) is 11.5 Å².